The second-order valence-corrected chi connectivity index (χ2v) is 6.20. The molecule has 0 radical (unpaired) electrons. The molecule has 0 aliphatic carbocycles. The average Bonchev–Trinajstić information content (AvgIpc) is 2.64. The number of amides is 1. The van der Waals surface area contributed by atoms with Gasteiger partial charge in [0.15, 0.2) is 0 Å². The van der Waals surface area contributed by atoms with Crippen molar-refractivity contribution in [2.75, 3.05) is 0 Å². The van der Waals surface area contributed by atoms with Gasteiger partial charge in [0.05, 0.1) is 24.1 Å². The van der Waals surface area contributed by atoms with Crippen molar-refractivity contribution in [1.82, 2.24) is 4.90 Å². The zero-order chi connectivity index (χ0) is 18.5. The summed E-state index contributed by atoms with van der Waals surface area (Å²) in [4.78, 5) is 25.2. The molecule has 3 rings (SSSR count). The van der Waals surface area contributed by atoms with Crippen LogP contribution in [0.1, 0.15) is 35.6 Å². The topological polar surface area (TPSA) is 90.6 Å². The zero-order valence-corrected chi connectivity index (χ0v) is 14.0. The molecular formula is C20H18N2O4. The lowest BCUT2D eigenvalue weighted by atomic mass is 9.95. The Morgan fingerprint density at radius 1 is 1.19 bits per heavy atom. The molecule has 1 aliphatic heterocycles. The van der Waals surface area contributed by atoms with Gasteiger partial charge in [-0.25, -0.2) is 4.79 Å². The molecule has 132 valence electrons. The SMILES string of the molecule is N#Cc1ccc([C@@H]2C[C@H](CC(=O)O)OC(=O)N2Cc2ccccc2)cc1. The van der Waals surface area contributed by atoms with Crippen molar-refractivity contribution in [2.45, 2.75) is 31.5 Å². The maximum absolute atomic E-state index is 12.6. The van der Waals surface area contributed by atoms with Crippen LogP contribution in [-0.2, 0) is 16.1 Å². The molecule has 6 heteroatoms. The normalized spacial score (nSPS) is 19.5. The number of rotatable bonds is 5. The van der Waals surface area contributed by atoms with Crippen LogP contribution < -0.4 is 0 Å². The highest BCUT2D eigenvalue weighted by Crippen LogP contribution is 2.34. The van der Waals surface area contributed by atoms with Crippen LogP contribution in [0.15, 0.2) is 54.6 Å². The van der Waals surface area contributed by atoms with E-state index in [9.17, 15) is 9.59 Å². The Bertz CT molecular complexity index is 827. The zero-order valence-electron chi connectivity index (χ0n) is 14.0. The van der Waals surface area contributed by atoms with Crippen molar-refractivity contribution < 1.29 is 19.4 Å². The van der Waals surface area contributed by atoms with Crippen molar-refractivity contribution in [3.8, 4) is 6.07 Å². The summed E-state index contributed by atoms with van der Waals surface area (Å²) >= 11 is 0. The molecule has 0 bridgehead atoms. The number of ether oxygens (including phenoxy) is 1. The predicted molar refractivity (Wildman–Crippen MR) is 93.0 cm³/mol. The summed E-state index contributed by atoms with van der Waals surface area (Å²) in [6, 6.07) is 18.3. The summed E-state index contributed by atoms with van der Waals surface area (Å²) in [6.07, 6.45) is -1.04. The third kappa shape index (κ3) is 4.01. The summed E-state index contributed by atoms with van der Waals surface area (Å²) < 4.78 is 5.33. The molecule has 1 N–H and O–H groups in total. The third-order valence-electron chi connectivity index (χ3n) is 4.39. The van der Waals surface area contributed by atoms with Crippen LogP contribution in [0.5, 0.6) is 0 Å². The van der Waals surface area contributed by atoms with Crippen LogP contribution in [0.3, 0.4) is 0 Å². The standard InChI is InChI=1S/C20H18N2O4/c21-12-14-6-8-16(9-7-14)18-10-17(11-19(23)24)26-20(25)22(18)13-15-4-2-1-3-5-15/h1-9,17-18H,10-11,13H2,(H,23,24)/t17-,18+/m1/s1. The quantitative estimate of drug-likeness (QED) is 0.891. The number of hydrogen-bond donors (Lipinski definition) is 1. The van der Waals surface area contributed by atoms with E-state index >= 15 is 0 Å². The van der Waals surface area contributed by atoms with Crippen molar-refractivity contribution in [3.63, 3.8) is 0 Å². The van der Waals surface area contributed by atoms with Gasteiger partial charge in [-0.05, 0) is 23.3 Å². The highest BCUT2D eigenvalue weighted by Gasteiger charge is 2.37. The van der Waals surface area contributed by atoms with Crippen LogP contribution in [0.4, 0.5) is 4.79 Å². The molecule has 1 aliphatic rings. The van der Waals surface area contributed by atoms with Crippen LogP contribution in [0.25, 0.3) is 0 Å². The number of carboxylic acid groups (broad SMARTS) is 1. The number of benzene rings is 2. The van der Waals surface area contributed by atoms with E-state index in [4.69, 9.17) is 15.1 Å². The molecule has 0 saturated carbocycles. The Morgan fingerprint density at radius 2 is 1.88 bits per heavy atom. The lowest BCUT2D eigenvalue weighted by molar-refractivity contribution is -0.140. The van der Waals surface area contributed by atoms with Crippen molar-refractivity contribution in [2.24, 2.45) is 0 Å². The minimum absolute atomic E-state index is 0.225. The van der Waals surface area contributed by atoms with E-state index in [1.165, 1.54) is 0 Å². The molecule has 26 heavy (non-hydrogen) atoms. The highest BCUT2D eigenvalue weighted by molar-refractivity contribution is 5.72. The van der Waals surface area contributed by atoms with E-state index < -0.39 is 18.2 Å². The van der Waals surface area contributed by atoms with Gasteiger partial charge in [0.25, 0.3) is 0 Å². The first kappa shape index (κ1) is 17.5. The van der Waals surface area contributed by atoms with Crippen LogP contribution >= 0.6 is 0 Å². The number of carboxylic acids is 1. The summed E-state index contributed by atoms with van der Waals surface area (Å²) in [5.41, 5.74) is 2.34. The molecule has 0 aromatic heterocycles. The Kier molecular flexibility index (Phi) is 5.18. The molecule has 2 atom stereocenters. The predicted octanol–water partition coefficient (Wildman–Crippen LogP) is 3.49. The molecule has 1 heterocycles. The first-order valence-electron chi connectivity index (χ1n) is 8.30. The summed E-state index contributed by atoms with van der Waals surface area (Å²) in [5, 5.41) is 18.0. The van der Waals surface area contributed by atoms with Gasteiger partial charge in [0.2, 0.25) is 0 Å². The minimum Gasteiger partial charge on any atom is -0.481 e. The van der Waals surface area contributed by atoms with E-state index in [1.54, 1.807) is 29.2 Å². The van der Waals surface area contributed by atoms with E-state index in [1.807, 2.05) is 30.3 Å². The molecule has 2 aromatic rings. The maximum atomic E-state index is 12.6. The second kappa shape index (κ2) is 7.70. The number of carbonyl (C=O) groups is 2. The fourth-order valence-corrected chi connectivity index (χ4v) is 3.13. The van der Waals surface area contributed by atoms with E-state index in [2.05, 4.69) is 6.07 Å². The number of nitrogens with zero attached hydrogens (tertiary/aromatic N) is 2. The minimum atomic E-state index is -1.00. The van der Waals surface area contributed by atoms with Gasteiger partial charge in [-0.1, -0.05) is 42.5 Å². The molecule has 0 unspecified atom stereocenters. The number of cyclic esters (lactones) is 1. The van der Waals surface area contributed by atoms with Crippen molar-refractivity contribution in [1.29, 1.82) is 5.26 Å². The lowest BCUT2D eigenvalue weighted by Crippen LogP contribution is -2.44. The maximum Gasteiger partial charge on any atom is 0.410 e. The van der Waals surface area contributed by atoms with E-state index in [0.29, 0.717) is 18.5 Å². The number of hydrogen-bond acceptors (Lipinski definition) is 4. The number of carbonyl (C=O) groups excluding carboxylic acids is 1. The second-order valence-electron chi connectivity index (χ2n) is 6.20. The molecule has 0 spiro atoms. The molecule has 6 nitrogen and oxygen atoms in total. The molecule has 2 aromatic carbocycles. The smallest absolute Gasteiger partial charge is 0.410 e. The molecule has 1 fully saturated rings. The fraction of sp³-hybridized carbons (Fsp3) is 0.250. The number of nitriles is 1. The Labute approximate surface area is 151 Å². The van der Waals surface area contributed by atoms with Gasteiger partial charge >= 0.3 is 12.1 Å². The van der Waals surface area contributed by atoms with Gasteiger partial charge in [-0.2, -0.15) is 5.26 Å². The van der Waals surface area contributed by atoms with Crippen molar-refractivity contribution >= 4 is 12.1 Å². The Morgan fingerprint density at radius 3 is 2.50 bits per heavy atom. The van der Waals surface area contributed by atoms with Crippen LogP contribution in [0, 0.1) is 11.3 Å². The average molecular weight is 350 g/mol. The van der Waals surface area contributed by atoms with E-state index in [0.717, 1.165) is 11.1 Å². The van der Waals surface area contributed by atoms with Gasteiger partial charge in [0.1, 0.15) is 6.10 Å². The van der Waals surface area contributed by atoms with Gasteiger partial charge < -0.3 is 9.84 Å². The van der Waals surface area contributed by atoms with E-state index in [-0.39, 0.29) is 12.5 Å². The fourth-order valence-electron chi connectivity index (χ4n) is 3.13. The first-order chi connectivity index (χ1) is 12.6. The first-order valence-corrected chi connectivity index (χ1v) is 8.30. The summed E-state index contributed by atoms with van der Waals surface area (Å²) in [7, 11) is 0. The molecule has 1 saturated heterocycles. The summed E-state index contributed by atoms with van der Waals surface area (Å²) in [6.45, 7) is 0.365. The highest BCUT2D eigenvalue weighted by atomic mass is 16.6. The third-order valence-corrected chi connectivity index (χ3v) is 4.39. The van der Waals surface area contributed by atoms with Crippen molar-refractivity contribution in [3.05, 3.63) is 71.3 Å². The monoisotopic (exact) mass is 350 g/mol. The van der Waals surface area contributed by atoms with Crippen LogP contribution in [0.2, 0.25) is 0 Å². The Hall–Kier alpha value is -3.33. The largest absolute Gasteiger partial charge is 0.481 e. The Balaban J connectivity index is 1.89. The van der Waals surface area contributed by atoms with Crippen LogP contribution in [-0.4, -0.2) is 28.2 Å². The van der Waals surface area contributed by atoms with Gasteiger partial charge in [-0.3, -0.25) is 9.69 Å². The number of aliphatic carboxylic acids is 1. The van der Waals surface area contributed by atoms with Gasteiger partial charge in [0, 0.05) is 13.0 Å². The molecule has 1 amide bonds. The summed E-state index contributed by atoms with van der Waals surface area (Å²) in [5.74, 6) is -1.00. The molecular weight excluding hydrogens is 332 g/mol. The lowest BCUT2D eigenvalue weighted by Gasteiger charge is -2.39. The van der Waals surface area contributed by atoms with Gasteiger partial charge in [-0.15, -0.1) is 0 Å².